The molecule has 1 aliphatic heterocycles. The maximum atomic E-state index is 13.2. The number of carbonyl (C=O) groups excluding carboxylic acids is 2. The lowest BCUT2D eigenvalue weighted by molar-refractivity contribution is -0.0790. The van der Waals surface area contributed by atoms with Crippen molar-refractivity contribution in [3.8, 4) is 0 Å². The molecule has 1 saturated heterocycles. The Morgan fingerprint density at radius 1 is 1.15 bits per heavy atom. The Bertz CT molecular complexity index is 958. The van der Waals surface area contributed by atoms with Gasteiger partial charge in [0.1, 0.15) is 0 Å². The van der Waals surface area contributed by atoms with Gasteiger partial charge in [-0.25, -0.2) is 4.79 Å². The van der Waals surface area contributed by atoms with Crippen LogP contribution in [0.5, 0.6) is 0 Å². The largest absolute Gasteiger partial charge is 0.388 e. The van der Waals surface area contributed by atoms with Crippen LogP contribution in [0.25, 0.3) is 0 Å². The SMILES string of the molecule is CCN(CCNC(=O)N(Cc1ccc(C(N)=O)cc1)c1cccc(C)c1)CC1(O)CCOCC1. The number of primary amides is 1. The van der Waals surface area contributed by atoms with Crippen LogP contribution in [-0.2, 0) is 11.3 Å². The summed E-state index contributed by atoms with van der Waals surface area (Å²) in [6.45, 7) is 8.01. The van der Waals surface area contributed by atoms with E-state index in [4.69, 9.17) is 10.5 Å². The summed E-state index contributed by atoms with van der Waals surface area (Å²) >= 11 is 0. The average Bonchev–Trinajstić information content (AvgIpc) is 2.82. The Hall–Kier alpha value is -2.94. The van der Waals surface area contributed by atoms with E-state index in [0.29, 0.717) is 57.8 Å². The smallest absolute Gasteiger partial charge is 0.322 e. The van der Waals surface area contributed by atoms with E-state index in [0.717, 1.165) is 23.4 Å². The molecule has 1 fully saturated rings. The Morgan fingerprint density at radius 3 is 2.47 bits per heavy atom. The Morgan fingerprint density at radius 2 is 1.85 bits per heavy atom. The number of nitrogens with one attached hydrogen (secondary N) is 1. The lowest BCUT2D eigenvalue weighted by Gasteiger charge is -2.36. The maximum absolute atomic E-state index is 13.2. The molecule has 0 spiro atoms. The van der Waals surface area contributed by atoms with E-state index in [2.05, 4.69) is 17.1 Å². The highest BCUT2D eigenvalue weighted by molar-refractivity contribution is 5.93. The van der Waals surface area contributed by atoms with Gasteiger partial charge in [-0.1, -0.05) is 31.2 Å². The predicted molar refractivity (Wildman–Crippen MR) is 133 cm³/mol. The molecule has 0 bridgehead atoms. The fraction of sp³-hybridized carbons (Fsp3) is 0.462. The molecule has 3 amide bonds. The number of nitrogens with two attached hydrogens (primary N) is 1. The van der Waals surface area contributed by atoms with Crippen molar-refractivity contribution >= 4 is 17.6 Å². The Balaban J connectivity index is 1.64. The number of benzene rings is 2. The highest BCUT2D eigenvalue weighted by Gasteiger charge is 2.31. The van der Waals surface area contributed by atoms with Gasteiger partial charge in [0.05, 0.1) is 12.1 Å². The first kappa shape index (κ1) is 25.7. The average molecular weight is 469 g/mol. The number of ether oxygens (including phenoxy) is 1. The minimum Gasteiger partial charge on any atom is -0.388 e. The lowest BCUT2D eigenvalue weighted by atomic mass is 9.94. The van der Waals surface area contributed by atoms with Gasteiger partial charge in [-0.05, 0) is 48.9 Å². The molecule has 184 valence electrons. The van der Waals surface area contributed by atoms with Gasteiger partial charge < -0.3 is 20.9 Å². The first-order valence-corrected chi connectivity index (χ1v) is 11.8. The third-order valence-corrected chi connectivity index (χ3v) is 6.23. The molecule has 8 heteroatoms. The molecule has 2 aromatic carbocycles. The van der Waals surface area contributed by atoms with Crippen molar-refractivity contribution in [1.82, 2.24) is 10.2 Å². The predicted octanol–water partition coefficient (Wildman–Crippen LogP) is 2.67. The van der Waals surface area contributed by atoms with Crippen LogP contribution in [0.15, 0.2) is 48.5 Å². The molecule has 0 aromatic heterocycles. The highest BCUT2D eigenvalue weighted by atomic mass is 16.5. The van der Waals surface area contributed by atoms with E-state index in [1.807, 2.05) is 43.3 Å². The third-order valence-electron chi connectivity index (χ3n) is 6.23. The molecule has 1 aliphatic rings. The number of rotatable bonds is 10. The quantitative estimate of drug-likeness (QED) is 0.497. The maximum Gasteiger partial charge on any atom is 0.322 e. The number of amides is 3. The zero-order valence-electron chi connectivity index (χ0n) is 20.1. The molecule has 8 nitrogen and oxygen atoms in total. The van der Waals surface area contributed by atoms with Crippen molar-refractivity contribution in [3.05, 3.63) is 65.2 Å². The van der Waals surface area contributed by atoms with Crippen LogP contribution in [0.1, 0.15) is 41.3 Å². The first-order valence-electron chi connectivity index (χ1n) is 11.8. The monoisotopic (exact) mass is 468 g/mol. The van der Waals surface area contributed by atoms with Crippen LogP contribution in [-0.4, -0.2) is 66.9 Å². The van der Waals surface area contributed by atoms with E-state index in [1.165, 1.54) is 0 Å². The summed E-state index contributed by atoms with van der Waals surface area (Å²) in [5.41, 5.74) is 7.77. The van der Waals surface area contributed by atoms with Crippen molar-refractivity contribution in [2.75, 3.05) is 44.3 Å². The zero-order valence-corrected chi connectivity index (χ0v) is 20.1. The second kappa shape index (κ2) is 12.0. The van der Waals surface area contributed by atoms with Gasteiger partial charge in [-0.3, -0.25) is 14.6 Å². The van der Waals surface area contributed by atoms with Crippen molar-refractivity contribution in [2.45, 2.75) is 38.8 Å². The number of likely N-dealkylation sites (N-methyl/N-ethyl adjacent to an activating group) is 1. The molecule has 0 unspecified atom stereocenters. The van der Waals surface area contributed by atoms with E-state index in [1.54, 1.807) is 17.0 Å². The number of nitrogens with zero attached hydrogens (tertiary/aromatic N) is 2. The van der Waals surface area contributed by atoms with Gasteiger partial charge in [0.15, 0.2) is 0 Å². The van der Waals surface area contributed by atoms with Crippen LogP contribution in [0.4, 0.5) is 10.5 Å². The van der Waals surface area contributed by atoms with Gasteiger partial charge >= 0.3 is 6.03 Å². The number of aliphatic hydroxyl groups is 1. The van der Waals surface area contributed by atoms with Gasteiger partial charge in [-0.15, -0.1) is 0 Å². The summed E-state index contributed by atoms with van der Waals surface area (Å²) in [5.74, 6) is -0.481. The normalized spacial score (nSPS) is 15.2. The molecule has 0 aliphatic carbocycles. The number of anilines is 1. The molecule has 2 aromatic rings. The molecular weight excluding hydrogens is 432 g/mol. The number of aryl methyl sites for hydroxylation is 1. The minimum absolute atomic E-state index is 0.203. The third kappa shape index (κ3) is 7.28. The van der Waals surface area contributed by atoms with Crippen molar-refractivity contribution in [2.24, 2.45) is 5.73 Å². The molecule has 0 saturated carbocycles. The molecule has 34 heavy (non-hydrogen) atoms. The molecule has 4 N–H and O–H groups in total. The van der Waals surface area contributed by atoms with Gasteiger partial charge in [-0.2, -0.15) is 0 Å². The minimum atomic E-state index is -0.733. The highest BCUT2D eigenvalue weighted by Crippen LogP contribution is 2.22. The number of hydrogen-bond donors (Lipinski definition) is 3. The molecule has 0 radical (unpaired) electrons. The van der Waals surface area contributed by atoms with Crippen LogP contribution < -0.4 is 16.0 Å². The standard InChI is InChI=1S/C26H36N4O4/c1-3-29(19-26(33)11-15-34-16-12-26)14-13-28-25(32)30(23-6-4-5-20(2)17-23)18-21-7-9-22(10-8-21)24(27)31/h4-10,17,33H,3,11-16,18-19H2,1-2H3,(H2,27,31)(H,28,32). The van der Waals surface area contributed by atoms with Crippen LogP contribution in [0, 0.1) is 6.92 Å². The summed E-state index contributed by atoms with van der Waals surface area (Å²) in [6.07, 6.45) is 1.26. The summed E-state index contributed by atoms with van der Waals surface area (Å²) in [6, 6.07) is 14.5. The number of hydrogen-bond acceptors (Lipinski definition) is 5. The van der Waals surface area contributed by atoms with Gasteiger partial charge in [0.25, 0.3) is 0 Å². The summed E-state index contributed by atoms with van der Waals surface area (Å²) in [5, 5.41) is 13.8. The van der Waals surface area contributed by atoms with Crippen molar-refractivity contribution in [3.63, 3.8) is 0 Å². The summed E-state index contributed by atoms with van der Waals surface area (Å²) in [4.78, 5) is 28.4. The Kier molecular flexibility index (Phi) is 9.04. The fourth-order valence-electron chi connectivity index (χ4n) is 4.12. The Labute approximate surface area is 201 Å². The van der Waals surface area contributed by atoms with Gasteiger partial charge in [0.2, 0.25) is 5.91 Å². The molecule has 1 heterocycles. The lowest BCUT2D eigenvalue weighted by Crippen LogP contribution is -2.49. The topological polar surface area (TPSA) is 108 Å². The first-order chi connectivity index (χ1) is 16.3. The van der Waals surface area contributed by atoms with Crippen molar-refractivity contribution in [1.29, 1.82) is 0 Å². The van der Waals surface area contributed by atoms with Crippen molar-refractivity contribution < 1.29 is 19.4 Å². The molecular formula is C26H36N4O4. The zero-order chi connectivity index (χ0) is 24.6. The van der Waals surface area contributed by atoms with Crippen LogP contribution >= 0.6 is 0 Å². The van der Waals surface area contributed by atoms with E-state index in [-0.39, 0.29) is 6.03 Å². The van der Waals surface area contributed by atoms with Crippen LogP contribution in [0.2, 0.25) is 0 Å². The number of carbonyl (C=O) groups is 2. The fourth-order valence-corrected chi connectivity index (χ4v) is 4.12. The van der Waals surface area contributed by atoms with E-state index < -0.39 is 11.5 Å². The second-order valence-corrected chi connectivity index (χ2v) is 8.92. The van der Waals surface area contributed by atoms with Gasteiger partial charge in [0, 0.05) is 56.9 Å². The van der Waals surface area contributed by atoms with Crippen LogP contribution in [0.3, 0.4) is 0 Å². The number of urea groups is 1. The van der Waals surface area contributed by atoms with E-state index in [9.17, 15) is 14.7 Å². The summed E-state index contributed by atoms with van der Waals surface area (Å²) < 4.78 is 5.37. The summed E-state index contributed by atoms with van der Waals surface area (Å²) in [7, 11) is 0. The molecule has 3 rings (SSSR count). The van der Waals surface area contributed by atoms with E-state index >= 15 is 0 Å². The molecule has 0 atom stereocenters. The second-order valence-electron chi connectivity index (χ2n) is 8.92.